The minimum absolute atomic E-state index is 0.0872. The van der Waals surface area contributed by atoms with E-state index in [2.05, 4.69) is 16.0 Å². The molecule has 3 heterocycles. The van der Waals surface area contributed by atoms with Crippen LogP contribution in [0.2, 0.25) is 5.02 Å². The van der Waals surface area contributed by atoms with Gasteiger partial charge in [-0.05, 0) is 36.6 Å². The summed E-state index contributed by atoms with van der Waals surface area (Å²) in [5.74, 6) is -0.0868. The number of anilines is 1. The van der Waals surface area contributed by atoms with E-state index in [1.54, 1.807) is 19.2 Å². The Bertz CT molecular complexity index is 1880. The van der Waals surface area contributed by atoms with Crippen LogP contribution in [0.15, 0.2) is 64.3 Å². The fourth-order valence-corrected chi connectivity index (χ4v) is 5.61. The lowest BCUT2D eigenvalue weighted by molar-refractivity contribution is -0.119. The number of rotatable bonds is 9. The van der Waals surface area contributed by atoms with Gasteiger partial charge in [0.2, 0.25) is 11.8 Å². The Morgan fingerprint density at radius 2 is 1.80 bits per heavy atom. The number of carbonyl (C=O) groups excluding carboxylic acids is 2. The third kappa shape index (κ3) is 6.15. The first-order valence-electron chi connectivity index (χ1n) is 14.1. The number of nitrogens with one attached hydrogen (secondary N) is 3. The van der Waals surface area contributed by atoms with Gasteiger partial charge in [-0.25, -0.2) is 9.78 Å². The number of carbonyl (C=O) groups is 2. The first-order valence-corrected chi connectivity index (χ1v) is 14.5. The Morgan fingerprint density at radius 1 is 1.07 bits per heavy atom. The number of amides is 2. The summed E-state index contributed by atoms with van der Waals surface area (Å²) < 4.78 is 7.67. The number of ether oxygens (including phenoxy) is 1. The van der Waals surface area contributed by atoms with Crippen molar-refractivity contribution >= 4 is 29.1 Å². The minimum Gasteiger partial charge on any atom is -0.481 e. The second-order valence-electron chi connectivity index (χ2n) is 10.7. The Morgan fingerprint density at radius 3 is 2.52 bits per heavy atom. The van der Waals surface area contributed by atoms with Crippen LogP contribution in [0.4, 0.5) is 5.69 Å². The van der Waals surface area contributed by atoms with Crippen LogP contribution in [-0.4, -0.2) is 45.6 Å². The summed E-state index contributed by atoms with van der Waals surface area (Å²) in [6.45, 7) is 3.18. The van der Waals surface area contributed by atoms with Gasteiger partial charge in [0.05, 0.1) is 23.5 Å². The highest BCUT2D eigenvalue weighted by Crippen LogP contribution is 2.38. The van der Waals surface area contributed by atoms with Crippen molar-refractivity contribution in [2.24, 2.45) is 14.1 Å². The van der Waals surface area contributed by atoms with Crippen LogP contribution < -0.4 is 31.9 Å². The normalized spacial score (nSPS) is 14.4. The van der Waals surface area contributed by atoms with E-state index >= 15 is 0 Å². The maximum Gasteiger partial charge on any atom is 0.330 e. The summed E-state index contributed by atoms with van der Waals surface area (Å²) >= 11 is 6.83. The molecule has 0 radical (unpaired) electrons. The highest BCUT2D eigenvalue weighted by molar-refractivity contribution is 6.36. The van der Waals surface area contributed by atoms with Crippen molar-refractivity contribution in [2.75, 3.05) is 19.0 Å². The van der Waals surface area contributed by atoms with Gasteiger partial charge in [-0.3, -0.25) is 19.0 Å². The molecule has 0 unspecified atom stereocenters. The molecule has 1 atom stereocenters. The molecule has 1 fully saturated rings. The highest BCUT2D eigenvalue weighted by atomic mass is 35.5. The predicted molar refractivity (Wildman–Crippen MR) is 169 cm³/mol. The molecule has 5 rings (SSSR count). The molecule has 1 saturated heterocycles. The van der Waals surface area contributed by atoms with Crippen LogP contribution in [0.1, 0.15) is 34.3 Å². The number of aryl methyl sites for hydroxylation is 1. The SMILES string of the molecule is COc1nc(-c2cccc(-c3cccc(NC(=O)c4cn(C)c(=O)n(C)c4=O)c3Cl)c2C)ccc1CNC[C@@H]1CCC(=O)N1. The molecule has 0 bridgehead atoms. The molecule has 1 aliphatic rings. The number of benzene rings is 2. The van der Waals surface area contributed by atoms with Gasteiger partial charge in [0.1, 0.15) is 5.56 Å². The summed E-state index contributed by atoms with van der Waals surface area (Å²) in [6, 6.07) is 15.1. The van der Waals surface area contributed by atoms with Gasteiger partial charge in [-0.1, -0.05) is 48.0 Å². The second-order valence-corrected chi connectivity index (χ2v) is 11.1. The first kappa shape index (κ1) is 30.7. The average molecular weight is 617 g/mol. The lowest BCUT2D eigenvalue weighted by Crippen LogP contribution is -2.40. The quantitative estimate of drug-likeness (QED) is 0.262. The molecule has 2 amide bonds. The molecule has 0 saturated carbocycles. The number of hydrogen-bond donors (Lipinski definition) is 3. The molecule has 1 aliphatic heterocycles. The molecular formula is C32H33ClN6O5. The van der Waals surface area contributed by atoms with E-state index in [-0.39, 0.29) is 17.5 Å². The van der Waals surface area contributed by atoms with Gasteiger partial charge in [0.25, 0.3) is 11.5 Å². The third-order valence-corrected chi connectivity index (χ3v) is 8.17. The van der Waals surface area contributed by atoms with Crippen molar-refractivity contribution in [3.8, 4) is 28.3 Å². The van der Waals surface area contributed by atoms with Crippen LogP contribution in [-0.2, 0) is 25.4 Å². The third-order valence-electron chi connectivity index (χ3n) is 7.76. The van der Waals surface area contributed by atoms with Crippen molar-refractivity contribution in [3.05, 3.63) is 97.3 Å². The zero-order valence-electron chi connectivity index (χ0n) is 24.9. The van der Waals surface area contributed by atoms with E-state index in [0.29, 0.717) is 41.7 Å². The van der Waals surface area contributed by atoms with E-state index < -0.39 is 17.2 Å². The monoisotopic (exact) mass is 616 g/mol. The maximum atomic E-state index is 13.1. The number of pyridine rings is 1. The first-order chi connectivity index (χ1) is 21.1. The second kappa shape index (κ2) is 12.9. The van der Waals surface area contributed by atoms with Crippen LogP contribution >= 0.6 is 11.6 Å². The molecule has 12 heteroatoms. The van der Waals surface area contributed by atoms with E-state index in [1.807, 2.05) is 43.3 Å². The van der Waals surface area contributed by atoms with E-state index in [4.69, 9.17) is 21.3 Å². The summed E-state index contributed by atoms with van der Waals surface area (Å²) in [5.41, 5.74) is 3.85. The Labute approximate surface area is 258 Å². The van der Waals surface area contributed by atoms with E-state index in [1.165, 1.54) is 24.9 Å². The van der Waals surface area contributed by atoms with Crippen molar-refractivity contribution in [1.29, 1.82) is 0 Å². The van der Waals surface area contributed by atoms with Crippen LogP contribution in [0.25, 0.3) is 22.4 Å². The van der Waals surface area contributed by atoms with Crippen LogP contribution in [0.5, 0.6) is 5.88 Å². The fraction of sp³-hybridized carbons (Fsp3) is 0.281. The Balaban J connectivity index is 1.40. The molecule has 0 aliphatic carbocycles. The molecule has 3 N–H and O–H groups in total. The summed E-state index contributed by atoms with van der Waals surface area (Å²) in [5, 5.41) is 9.35. The van der Waals surface area contributed by atoms with Crippen molar-refractivity contribution in [1.82, 2.24) is 24.8 Å². The number of halogens is 1. The van der Waals surface area contributed by atoms with Gasteiger partial charge in [-0.15, -0.1) is 0 Å². The highest BCUT2D eigenvalue weighted by Gasteiger charge is 2.21. The molecule has 2 aromatic heterocycles. The van der Waals surface area contributed by atoms with Crippen molar-refractivity contribution in [3.63, 3.8) is 0 Å². The molecule has 2 aromatic carbocycles. The van der Waals surface area contributed by atoms with Crippen molar-refractivity contribution < 1.29 is 14.3 Å². The molecule has 228 valence electrons. The molecule has 44 heavy (non-hydrogen) atoms. The maximum absolute atomic E-state index is 13.1. The predicted octanol–water partition coefficient (Wildman–Crippen LogP) is 3.40. The summed E-state index contributed by atoms with van der Waals surface area (Å²) in [7, 11) is 4.37. The van der Waals surface area contributed by atoms with Gasteiger partial charge in [0.15, 0.2) is 0 Å². The van der Waals surface area contributed by atoms with E-state index in [0.717, 1.165) is 38.9 Å². The molecule has 0 spiro atoms. The number of methoxy groups -OCH3 is 1. The van der Waals surface area contributed by atoms with Crippen LogP contribution in [0, 0.1) is 6.92 Å². The molecule has 4 aromatic rings. The zero-order chi connectivity index (χ0) is 31.5. The minimum atomic E-state index is -0.700. The fourth-order valence-electron chi connectivity index (χ4n) is 5.34. The molecule has 11 nitrogen and oxygen atoms in total. The number of aromatic nitrogens is 3. The lowest BCUT2D eigenvalue weighted by atomic mass is 9.94. The average Bonchev–Trinajstić information content (AvgIpc) is 3.44. The summed E-state index contributed by atoms with van der Waals surface area (Å²) in [4.78, 5) is 53.9. The number of nitrogens with zero attached hydrogens (tertiary/aromatic N) is 3. The topological polar surface area (TPSA) is 136 Å². The number of hydrogen-bond acceptors (Lipinski definition) is 7. The van der Waals surface area contributed by atoms with Gasteiger partial charge < -0.3 is 25.3 Å². The van der Waals surface area contributed by atoms with E-state index in [9.17, 15) is 19.2 Å². The van der Waals surface area contributed by atoms with Crippen molar-refractivity contribution in [2.45, 2.75) is 32.4 Å². The zero-order valence-corrected chi connectivity index (χ0v) is 25.6. The largest absolute Gasteiger partial charge is 0.481 e. The van der Waals surface area contributed by atoms with Gasteiger partial charge >= 0.3 is 5.69 Å². The smallest absolute Gasteiger partial charge is 0.330 e. The Kier molecular flexibility index (Phi) is 8.98. The standard InChI is InChI=1S/C32H33ClN6O5/c1-18-21(23-9-6-10-26(28(23)33)36-29(41)24-17-38(2)32(43)39(3)31(24)42)7-5-8-22(18)25-13-11-19(30(37-25)44-4)15-34-16-20-12-14-27(40)35-20/h5-11,13,17,20,34H,12,14-16H2,1-4H3,(H,35,40)(H,36,41)/t20-/m0/s1. The Hall–Kier alpha value is -4.74. The summed E-state index contributed by atoms with van der Waals surface area (Å²) in [6.07, 6.45) is 2.60. The molecular weight excluding hydrogens is 584 g/mol. The van der Waals surface area contributed by atoms with Gasteiger partial charge in [0, 0.05) is 62.5 Å². The van der Waals surface area contributed by atoms with Gasteiger partial charge in [-0.2, -0.15) is 0 Å². The lowest BCUT2D eigenvalue weighted by Gasteiger charge is -2.16. The van der Waals surface area contributed by atoms with Crippen LogP contribution in [0.3, 0.4) is 0 Å².